The van der Waals surface area contributed by atoms with Crippen LogP contribution in [0.5, 0.6) is 0 Å². The molecule has 17 heteroatoms. The smallest absolute Gasteiger partial charge is 0.316 e. The molecule has 16 nitrogen and oxygen atoms in total. The molecule has 2 bridgehead atoms. The number of anilines is 1. The molecule has 5 rings (SSSR count). The highest BCUT2D eigenvalue weighted by molar-refractivity contribution is 7.99. The molecule has 12 atom stereocenters. The van der Waals surface area contributed by atoms with E-state index in [-0.39, 0.29) is 78.4 Å². The Kier molecular flexibility index (Phi) is 18.2. The Morgan fingerprint density at radius 1 is 1.01 bits per heavy atom. The lowest BCUT2D eigenvalue weighted by Crippen LogP contribution is -2.55. The van der Waals surface area contributed by atoms with E-state index in [4.69, 9.17) is 15.6 Å². The zero-order chi connectivity index (χ0) is 49.4. The maximum atomic E-state index is 13.8. The summed E-state index contributed by atoms with van der Waals surface area (Å²) in [5, 5.41) is 31.5. The number of carbonyl (C=O) groups excluding carboxylic acids is 6. The van der Waals surface area contributed by atoms with Crippen LogP contribution in [-0.4, -0.2) is 111 Å². The molecule has 0 aromatic heterocycles. The number of hydrogen-bond donors (Lipinski definition) is 7. The number of carboxylic acids is 1. The number of primary amides is 1. The minimum absolute atomic E-state index is 0.0917. The van der Waals surface area contributed by atoms with E-state index in [0.29, 0.717) is 37.5 Å². The van der Waals surface area contributed by atoms with Crippen LogP contribution in [-0.2, 0) is 40.0 Å². The van der Waals surface area contributed by atoms with Gasteiger partial charge in [-0.3, -0.25) is 33.7 Å². The fraction of sp³-hybridized carbons (Fsp3) is 0.700. The van der Waals surface area contributed by atoms with E-state index in [1.54, 1.807) is 37.7 Å². The number of amides is 5. The minimum Gasteiger partial charge on any atom is -0.481 e. The zero-order valence-electron chi connectivity index (χ0n) is 40.6. The first-order valence-corrected chi connectivity index (χ1v) is 25.4. The molecular weight excluding hydrogens is 877 g/mol. The molecule has 1 aromatic rings. The number of thioether (sulfide) groups is 1. The van der Waals surface area contributed by atoms with Crippen LogP contribution >= 0.6 is 11.8 Å². The molecule has 2 unspecified atom stereocenters. The van der Waals surface area contributed by atoms with Crippen LogP contribution in [0.15, 0.2) is 36.9 Å². The summed E-state index contributed by atoms with van der Waals surface area (Å²) in [5.41, 5.74) is 5.19. The number of ether oxygens (including phenoxy) is 1. The van der Waals surface area contributed by atoms with Gasteiger partial charge in [-0.2, -0.15) is 0 Å². The van der Waals surface area contributed by atoms with Crippen molar-refractivity contribution in [2.75, 3.05) is 23.4 Å². The third-order valence-electron chi connectivity index (χ3n) is 16.0. The zero-order valence-corrected chi connectivity index (χ0v) is 41.4. The van der Waals surface area contributed by atoms with Gasteiger partial charge in [-0.15, -0.1) is 18.3 Å². The van der Waals surface area contributed by atoms with Gasteiger partial charge in [0.25, 0.3) is 0 Å². The summed E-state index contributed by atoms with van der Waals surface area (Å²) in [6, 6.07) is 5.32. The summed E-state index contributed by atoms with van der Waals surface area (Å²) in [5.74, 6) is -2.60. The number of carbonyl (C=O) groups is 7. The second-order valence-corrected chi connectivity index (χ2v) is 21.6. The van der Waals surface area contributed by atoms with Crippen molar-refractivity contribution in [1.82, 2.24) is 20.9 Å². The molecule has 372 valence electrons. The lowest BCUT2D eigenvalue weighted by molar-refractivity contribution is -0.172. The maximum Gasteiger partial charge on any atom is 0.316 e. The molecule has 0 radical (unpaired) electrons. The number of Topliss-reactive ketones (excluding diaryl/α,β-unsaturated/α-hetero) is 1. The topological polar surface area (TPSA) is 247 Å². The molecule has 1 aliphatic heterocycles. The van der Waals surface area contributed by atoms with Crippen molar-refractivity contribution in [2.45, 2.75) is 162 Å². The third-order valence-corrected chi connectivity index (χ3v) is 17.1. The van der Waals surface area contributed by atoms with Crippen molar-refractivity contribution in [1.29, 1.82) is 0 Å². The van der Waals surface area contributed by atoms with Crippen molar-refractivity contribution in [3.05, 3.63) is 42.5 Å². The summed E-state index contributed by atoms with van der Waals surface area (Å²) in [6.07, 6.45) is 5.79. The van der Waals surface area contributed by atoms with Crippen LogP contribution in [0.2, 0.25) is 0 Å². The average molecular weight is 953 g/mol. The quantitative estimate of drug-likeness (QED) is 0.0429. The number of ketones is 1. The SMILES string of the molecule is C=C[C@]1(C)C[C@@H](OC(=O)CSCC2CCC(CC)N2Cc2ccc(NC(=O)[C@H](CCCNC(N)=O)NC(=O)[C@@H](NC(=O)CCC(=O)O)C(C)C)cc2)[C@]2(C)[C@H](C)C[C@]3(CCC(=O)[C@H]32)[C@@H](C)[C@@H]1O. The molecule has 3 aliphatic carbocycles. The van der Waals surface area contributed by atoms with Gasteiger partial charge in [-0.1, -0.05) is 66.7 Å². The molecule has 4 aliphatic rings. The number of likely N-dealkylation sites (tertiary alicyclic amines) is 1. The van der Waals surface area contributed by atoms with E-state index < -0.39 is 64.8 Å². The van der Waals surface area contributed by atoms with Gasteiger partial charge >= 0.3 is 18.0 Å². The first kappa shape index (κ1) is 53.5. The number of aliphatic hydroxyl groups is 1. The first-order chi connectivity index (χ1) is 31.6. The summed E-state index contributed by atoms with van der Waals surface area (Å²) in [6.45, 7) is 19.0. The third kappa shape index (κ3) is 12.2. The number of rotatable bonds is 22. The highest BCUT2D eigenvalue weighted by Gasteiger charge is 2.71. The highest BCUT2D eigenvalue weighted by Crippen LogP contribution is 2.70. The van der Waals surface area contributed by atoms with Gasteiger partial charge in [0.1, 0.15) is 24.0 Å². The Labute approximate surface area is 400 Å². The number of carboxylic acid groups (broad SMARTS) is 1. The predicted molar refractivity (Wildman–Crippen MR) is 257 cm³/mol. The number of nitrogens with two attached hydrogens (primary N) is 1. The van der Waals surface area contributed by atoms with E-state index in [0.717, 1.165) is 43.4 Å². The Hall–Kier alpha value is -4.48. The van der Waals surface area contributed by atoms with Gasteiger partial charge in [0.2, 0.25) is 17.7 Å². The van der Waals surface area contributed by atoms with Gasteiger partial charge in [0.05, 0.1) is 18.3 Å². The molecule has 4 fully saturated rings. The number of hydrogen-bond acceptors (Lipinski definition) is 11. The van der Waals surface area contributed by atoms with Crippen molar-refractivity contribution in [3.63, 3.8) is 0 Å². The van der Waals surface area contributed by atoms with Crippen LogP contribution in [0.1, 0.15) is 125 Å². The van der Waals surface area contributed by atoms with Crippen molar-refractivity contribution < 1.29 is 48.5 Å². The molecule has 1 aromatic carbocycles. The Balaban J connectivity index is 1.20. The number of nitrogens with one attached hydrogen (secondary N) is 4. The van der Waals surface area contributed by atoms with E-state index in [9.17, 15) is 38.7 Å². The van der Waals surface area contributed by atoms with Crippen LogP contribution < -0.4 is 27.0 Å². The summed E-state index contributed by atoms with van der Waals surface area (Å²) >= 11 is 1.56. The summed E-state index contributed by atoms with van der Waals surface area (Å²) in [7, 11) is 0. The number of aliphatic hydroxyl groups excluding tert-OH is 1. The summed E-state index contributed by atoms with van der Waals surface area (Å²) in [4.78, 5) is 91.7. The molecule has 5 amide bonds. The van der Waals surface area contributed by atoms with Crippen molar-refractivity contribution in [3.8, 4) is 0 Å². The second kappa shape index (κ2) is 22.8. The summed E-state index contributed by atoms with van der Waals surface area (Å²) < 4.78 is 6.46. The van der Waals surface area contributed by atoms with Crippen LogP contribution in [0.25, 0.3) is 0 Å². The lowest BCUT2D eigenvalue weighted by atomic mass is 9.55. The molecule has 0 spiro atoms. The van der Waals surface area contributed by atoms with E-state index in [1.807, 2.05) is 25.1 Å². The second-order valence-electron chi connectivity index (χ2n) is 20.6. The monoisotopic (exact) mass is 953 g/mol. The van der Waals surface area contributed by atoms with Crippen LogP contribution in [0, 0.1) is 39.9 Å². The van der Waals surface area contributed by atoms with E-state index in [2.05, 4.69) is 60.4 Å². The molecule has 8 N–H and O–H groups in total. The predicted octanol–water partition coefficient (Wildman–Crippen LogP) is 5.56. The maximum absolute atomic E-state index is 13.8. The first-order valence-electron chi connectivity index (χ1n) is 24.2. The van der Waals surface area contributed by atoms with Gasteiger partial charge in [-0.05, 0) is 92.2 Å². The number of benzene rings is 1. The number of urea groups is 1. The van der Waals surface area contributed by atoms with Crippen LogP contribution in [0.3, 0.4) is 0 Å². The Morgan fingerprint density at radius 3 is 2.33 bits per heavy atom. The molecule has 3 saturated carbocycles. The van der Waals surface area contributed by atoms with Gasteiger partial charge in [0, 0.05) is 66.2 Å². The minimum atomic E-state index is -1.14. The van der Waals surface area contributed by atoms with Crippen molar-refractivity contribution >= 4 is 58.9 Å². The molecule has 67 heavy (non-hydrogen) atoms. The van der Waals surface area contributed by atoms with E-state index in [1.165, 1.54) is 0 Å². The van der Waals surface area contributed by atoms with E-state index >= 15 is 0 Å². The number of nitrogens with zero attached hydrogens (tertiary/aromatic N) is 1. The van der Waals surface area contributed by atoms with Gasteiger partial charge < -0.3 is 42.0 Å². The largest absolute Gasteiger partial charge is 0.481 e. The normalized spacial score (nSPS) is 31.2. The van der Waals surface area contributed by atoms with Crippen molar-refractivity contribution in [2.24, 2.45) is 45.7 Å². The Morgan fingerprint density at radius 2 is 1.70 bits per heavy atom. The standard InChI is InChI=1S/C50H76N6O10S/c1-9-34-17-18-35(27-67-28-41(61)66-38-25-48(7,10-2)44(62)31(6)50-22-21-37(57)43(50)49(38,8)30(5)24-50)56(34)26-32-13-15-33(16-14-32)53-45(63)36(12-11-23-52-47(51)65)54-46(64)42(29(3)4)55-39(58)19-20-40(59)60/h10,13-16,29-31,34-36,38,42-44,62H,2,9,11-12,17-28H2,1,3-8H3,(H,53,63)(H,54,64)(H,55,58)(H,59,60)(H3,51,52,65)/t30-,31+,34?,35?,36+,38-,42+,43+,44+,48-,49+,50-/m1/s1. The van der Waals surface area contributed by atoms with Gasteiger partial charge in [0.15, 0.2) is 0 Å². The fourth-order valence-electron chi connectivity index (χ4n) is 11.9. The number of aliphatic carboxylic acids is 1. The molecular formula is C50H76N6O10S. The Bertz CT molecular complexity index is 1980. The fourth-order valence-corrected chi connectivity index (χ4v) is 12.9. The number of esters is 1. The molecule has 1 saturated heterocycles. The average Bonchev–Trinajstić information content (AvgIpc) is 3.91. The highest BCUT2D eigenvalue weighted by atomic mass is 32.2. The lowest BCUT2D eigenvalue weighted by Gasteiger charge is -2.52. The van der Waals surface area contributed by atoms with Crippen LogP contribution in [0.4, 0.5) is 10.5 Å². The van der Waals surface area contributed by atoms with Gasteiger partial charge in [-0.25, -0.2) is 4.79 Å². The molecule has 1 heterocycles.